The van der Waals surface area contributed by atoms with E-state index in [9.17, 15) is 18.9 Å². The van der Waals surface area contributed by atoms with Crippen LogP contribution in [-0.4, -0.2) is 0 Å². The number of rotatable bonds is 4. The molecule has 0 fully saturated rings. The summed E-state index contributed by atoms with van der Waals surface area (Å²) >= 11 is 0. The normalized spacial score (nSPS) is 9.73. The van der Waals surface area contributed by atoms with Gasteiger partial charge in [0, 0.05) is 0 Å². The third-order valence-electron chi connectivity index (χ3n) is 1.02. The monoisotopic (exact) mass is 298 g/mol. The summed E-state index contributed by atoms with van der Waals surface area (Å²) in [7, 11) is -6.75. The second-order valence-corrected chi connectivity index (χ2v) is 6.06. The Morgan fingerprint density at radius 2 is 0.867 bits per heavy atom. The molecule has 0 aliphatic rings. The molecule has 0 saturated carbocycles. The molecule has 0 heterocycles. The van der Waals surface area contributed by atoms with Gasteiger partial charge in [-0.2, -0.15) is 0 Å². The molecule has 0 bridgehead atoms. The fourth-order valence-electron chi connectivity index (χ4n) is 0.149. The van der Waals surface area contributed by atoms with Crippen LogP contribution in [0.1, 0.15) is 0 Å². The third-order valence-corrected chi connectivity index (χ3v) is 3.05. The summed E-state index contributed by atoms with van der Waals surface area (Å²) < 4.78 is 20.3. The van der Waals surface area contributed by atoms with Gasteiger partial charge in [0.05, 0.1) is 14.7 Å². The van der Waals surface area contributed by atoms with E-state index in [0.717, 1.165) is 23.3 Å². The summed E-state index contributed by atoms with van der Waals surface area (Å²) in [6, 6.07) is 0. The van der Waals surface area contributed by atoms with Crippen LogP contribution < -0.4 is 9.79 Å². The molecule has 0 rings (SSSR count). The first-order valence-electron chi connectivity index (χ1n) is 3.40. The van der Waals surface area contributed by atoms with Crippen LogP contribution in [0.4, 0.5) is 0 Å². The van der Waals surface area contributed by atoms with Crippen molar-refractivity contribution in [1.29, 1.82) is 0 Å². The van der Waals surface area contributed by atoms with Gasteiger partial charge in [-0.3, -0.25) is 0 Å². The molecule has 0 spiro atoms. The van der Waals surface area contributed by atoms with Crippen molar-refractivity contribution in [3.8, 4) is 0 Å². The molecule has 0 radical (unpaired) electrons. The fraction of sp³-hybridized carbons (Fsp3) is 0. The molecular formula is C8H12O4P2Zn. The van der Waals surface area contributed by atoms with Gasteiger partial charge in [-0.1, -0.05) is 26.3 Å². The van der Waals surface area contributed by atoms with Crippen molar-refractivity contribution in [2.75, 3.05) is 0 Å². The SMILES string of the molecule is C=CP(=O)([O-])C=C.C=CP(=O)([O-])C=C.[Zn+2]. The molecule has 0 aliphatic carbocycles. The largest absolute Gasteiger partial charge is 2.00 e. The van der Waals surface area contributed by atoms with Crippen LogP contribution in [0, 0.1) is 0 Å². The van der Waals surface area contributed by atoms with E-state index in [-0.39, 0.29) is 19.5 Å². The van der Waals surface area contributed by atoms with Crippen LogP contribution >= 0.6 is 14.7 Å². The minimum absolute atomic E-state index is 0. The summed E-state index contributed by atoms with van der Waals surface area (Å²) in [5, 5.41) is 0. The molecule has 0 aromatic rings. The van der Waals surface area contributed by atoms with Crippen LogP contribution in [-0.2, 0) is 28.6 Å². The van der Waals surface area contributed by atoms with E-state index in [2.05, 4.69) is 26.3 Å². The van der Waals surface area contributed by atoms with Gasteiger partial charge >= 0.3 is 19.5 Å². The predicted octanol–water partition coefficient (Wildman–Crippen LogP) is 1.82. The maximum absolute atomic E-state index is 10.2. The Morgan fingerprint density at radius 1 is 0.733 bits per heavy atom. The van der Waals surface area contributed by atoms with Gasteiger partial charge in [-0.05, 0) is 23.3 Å². The first-order chi connectivity index (χ1) is 6.24. The molecule has 0 amide bonds. The molecule has 15 heavy (non-hydrogen) atoms. The zero-order valence-electron chi connectivity index (χ0n) is 8.37. The standard InChI is InChI=1S/2C4H7O2P.Zn/c2*1-3-7(5,6)4-2;/h2*3-4H,1-2H2,(H,5,6);/q;;+2/p-2. The second kappa shape index (κ2) is 9.21. The molecule has 0 unspecified atom stereocenters. The van der Waals surface area contributed by atoms with Gasteiger partial charge in [0.15, 0.2) is 0 Å². The van der Waals surface area contributed by atoms with Gasteiger partial charge < -0.3 is 18.9 Å². The predicted molar refractivity (Wildman–Crippen MR) is 56.0 cm³/mol. The Balaban J connectivity index is -0.000000180. The van der Waals surface area contributed by atoms with Crippen molar-refractivity contribution >= 4 is 14.7 Å². The minimum Gasteiger partial charge on any atom is -0.793 e. The van der Waals surface area contributed by atoms with E-state index in [4.69, 9.17) is 0 Å². The van der Waals surface area contributed by atoms with E-state index in [1.165, 1.54) is 0 Å². The molecule has 4 nitrogen and oxygen atoms in total. The maximum atomic E-state index is 10.2. The minimum atomic E-state index is -3.38. The van der Waals surface area contributed by atoms with Crippen molar-refractivity contribution in [3.63, 3.8) is 0 Å². The maximum Gasteiger partial charge on any atom is 2.00 e. The molecule has 0 atom stereocenters. The van der Waals surface area contributed by atoms with Crippen LogP contribution in [0.2, 0.25) is 0 Å². The van der Waals surface area contributed by atoms with Gasteiger partial charge in [-0.15, -0.1) is 0 Å². The molecule has 80 valence electrons. The Bertz CT molecular complexity index is 269. The van der Waals surface area contributed by atoms with Gasteiger partial charge in [0.25, 0.3) is 0 Å². The van der Waals surface area contributed by atoms with Gasteiger partial charge in [-0.25, -0.2) is 0 Å². The molecular weight excluding hydrogens is 287 g/mol. The Kier molecular flexibility index (Phi) is 12.5. The Labute approximate surface area is 103 Å². The third kappa shape index (κ3) is 14.0. The summed E-state index contributed by atoms with van der Waals surface area (Å²) in [6.45, 7) is 12.2. The van der Waals surface area contributed by atoms with Crippen molar-refractivity contribution in [2.24, 2.45) is 0 Å². The van der Waals surface area contributed by atoms with Crippen LogP contribution in [0.25, 0.3) is 0 Å². The van der Waals surface area contributed by atoms with E-state index >= 15 is 0 Å². The van der Waals surface area contributed by atoms with E-state index in [1.54, 1.807) is 0 Å². The molecule has 0 N–H and O–H groups in total. The molecule has 0 aliphatic heterocycles. The van der Waals surface area contributed by atoms with E-state index in [1.807, 2.05) is 0 Å². The van der Waals surface area contributed by atoms with Crippen molar-refractivity contribution < 1.29 is 38.4 Å². The van der Waals surface area contributed by atoms with Gasteiger partial charge in [0.2, 0.25) is 0 Å². The summed E-state index contributed by atoms with van der Waals surface area (Å²) in [5.74, 6) is 3.50. The molecule has 7 heteroatoms. The molecule has 0 aromatic heterocycles. The summed E-state index contributed by atoms with van der Waals surface area (Å²) in [4.78, 5) is 20.3. The van der Waals surface area contributed by atoms with Crippen LogP contribution in [0.5, 0.6) is 0 Å². The van der Waals surface area contributed by atoms with Crippen molar-refractivity contribution in [2.45, 2.75) is 0 Å². The average Bonchev–Trinajstić information content (AvgIpc) is 2.19. The van der Waals surface area contributed by atoms with Crippen molar-refractivity contribution in [3.05, 3.63) is 49.6 Å². The van der Waals surface area contributed by atoms with Gasteiger partial charge in [0.1, 0.15) is 0 Å². The molecule has 0 saturated heterocycles. The Hall–Kier alpha value is -0.0366. The number of hydrogen-bond donors (Lipinski definition) is 0. The fourth-order valence-corrected chi connectivity index (χ4v) is 0.447. The molecule has 0 aromatic carbocycles. The van der Waals surface area contributed by atoms with Crippen molar-refractivity contribution in [1.82, 2.24) is 0 Å². The van der Waals surface area contributed by atoms with Crippen LogP contribution in [0.15, 0.2) is 49.6 Å². The quantitative estimate of drug-likeness (QED) is 0.586. The van der Waals surface area contributed by atoms with E-state index in [0.29, 0.717) is 0 Å². The average molecular weight is 300 g/mol. The first-order valence-corrected chi connectivity index (χ1v) is 6.92. The first kappa shape index (κ1) is 20.4. The zero-order chi connectivity index (χ0) is 11.8. The van der Waals surface area contributed by atoms with E-state index < -0.39 is 14.7 Å². The Morgan fingerprint density at radius 3 is 0.867 bits per heavy atom. The topological polar surface area (TPSA) is 80.3 Å². The summed E-state index contributed by atoms with van der Waals surface area (Å²) in [5.41, 5.74) is 0. The summed E-state index contributed by atoms with van der Waals surface area (Å²) in [6.07, 6.45) is 0. The second-order valence-electron chi connectivity index (χ2n) is 2.02. The zero-order valence-corrected chi connectivity index (χ0v) is 13.1. The van der Waals surface area contributed by atoms with Crippen LogP contribution in [0.3, 0.4) is 0 Å². The smallest absolute Gasteiger partial charge is 0.793 e. The number of hydrogen-bond acceptors (Lipinski definition) is 4.